The van der Waals surface area contributed by atoms with Gasteiger partial charge in [-0.25, -0.2) is 4.79 Å². The normalized spacial score (nSPS) is 16.3. The SMILES string of the molecule is O=C(O)c1ccc(OC2CCCC2)cc1Br. The number of carboxylic acids is 1. The van der Waals surface area contributed by atoms with Gasteiger partial charge in [0.25, 0.3) is 0 Å². The molecule has 0 atom stereocenters. The standard InChI is InChI=1S/C12H13BrO3/c13-11-7-9(5-6-10(11)12(14)15)16-8-3-1-2-4-8/h5-8H,1-4H2,(H,14,15). The zero-order valence-electron chi connectivity index (χ0n) is 8.78. The van der Waals surface area contributed by atoms with Crippen molar-refractivity contribution in [2.45, 2.75) is 31.8 Å². The number of hydrogen-bond donors (Lipinski definition) is 1. The highest BCUT2D eigenvalue weighted by molar-refractivity contribution is 9.10. The summed E-state index contributed by atoms with van der Waals surface area (Å²) in [6.45, 7) is 0. The zero-order valence-corrected chi connectivity index (χ0v) is 10.4. The average molecular weight is 285 g/mol. The van der Waals surface area contributed by atoms with Gasteiger partial charge < -0.3 is 9.84 Å². The third kappa shape index (κ3) is 2.55. The van der Waals surface area contributed by atoms with Gasteiger partial charge in [-0.2, -0.15) is 0 Å². The minimum Gasteiger partial charge on any atom is -0.490 e. The van der Waals surface area contributed by atoms with E-state index in [1.165, 1.54) is 12.8 Å². The fraction of sp³-hybridized carbons (Fsp3) is 0.417. The Balaban J connectivity index is 2.11. The molecule has 1 aromatic rings. The van der Waals surface area contributed by atoms with E-state index in [0.717, 1.165) is 18.6 Å². The molecule has 16 heavy (non-hydrogen) atoms. The topological polar surface area (TPSA) is 46.5 Å². The van der Waals surface area contributed by atoms with Crippen LogP contribution in [-0.2, 0) is 0 Å². The van der Waals surface area contributed by atoms with E-state index < -0.39 is 5.97 Å². The van der Waals surface area contributed by atoms with E-state index in [9.17, 15) is 4.79 Å². The van der Waals surface area contributed by atoms with Crippen molar-refractivity contribution in [3.8, 4) is 5.75 Å². The van der Waals surface area contributed by atoms with Crippen molar-refractivity contribution in [2.24, 2.45) is 0 Å². The van der Waals surface area contributed by atoms with Crippen molar-refractivity contribution in [1.29, 1.82) is 0 Å². The van der Waals surface area contributed by atoms with E-state index in [0.29, 0.717) is 10.6 Å². The summed E-state index contributed by atoms with van der Waals surface area (Å²) in [5.41, 5.74) is 0.263. The quantitative estimate of drug-likeness (QED) is 0.925. The lowest BCUT2D eigenvalue weighted by atomic mass is 10.2. The van der Waals surface area contributed by atoms with Gasteiger partial charge in [-0.1, -0.05) is 0 Å². The molecule has 1 aromatic carbocycles. The summed E-state index contributed by atoms with van der Waals surface area (Å²) in [6, 6.07) is 5.00. The third-order valence-corrected chi connectivity index (χ3v) is 3.43. The highest BCUT2D eigenvalue weighted by atomic mass is 79.9. The van der Waals surface area contributed by atoms with Crippen LogP contribution in [0.1, 0.15) is 36.0 Å². The Bertz CT molecular complexity index is 397. The molecule has 1 aliphatic carbocycles. The number of rotatable bonds is 3. The lowest BCUT2D eigenvalue weighted by molar-refractivity contribution is 0.0696. The minimum atomic E-state index is -0.931. The molecule has 0 spiro atoms. The average Bonchev–Trinajstić information content (AvgIpc) is 2.70. The maximum atomic E-state index is 10.8. The fourth-order valence-corrected chi connectivity index (χ4v) is 2.47. The van der Waals surface area contributed by atoms with E-state index in [1.54, 1.807) is 18.2 Å². The summed E-state index contributed by atoms with van der Waals surface area (Å²) in [6.07, 6.45) is 4.93. The second kappa shape index (κ2) is 4.87. The molecule has 0 aromatic heterocycles. The lowest BCUT2D eigenvalue weighted by Crippen LogP contribution is -2.11. The van der Waals surface area contributed by atoms with Crippen molar-refractivity contribution in [3.63, 3.8) is 0 Å². The van der Waals surface area contributed by atoms with Gasteiger partial charge in [0.2, 0.25) is 0 Å². The van der Waals surface area contributed by atoms with Gasteiger partial charge >= 0.3 is 5.97 Å². The van der Waals surface area contributed by atoms with Gasteiger partial charge in [0.1, 0.15) is 5.75 Å². The number of halogens is 1. The highest BCUT2D eigenvalue weighted by Crippen LogP contribution is 2.27. The largest absolute Gasteiger partial charge is 0.490 e. The molecule has 0 bridgehead atoms. The maximum absolute atomic E-state index is 10.8. The summed E-state index contributed by atoms with van der Waals surface area (Å²) in [5.74, 6) is -0.192. The van der Waals surface area contributed by atoms with E-state index >= 15 is 0 Å². The van der Waals surface area contributed by atoms with Crippen LogP contribution in [0.15, 0.2) is 22.7 Å². The van der Waals surface area contributed by atoms with Crippen molar-refractivity contribution in [2.75, 3.05) is 0 Å². The molecular formula is C12H13BrO3. The first kappa shape index (κ1) is 11.5. The Labute approximate surface area is 103 Å². The first-order valence-corrected chi connectivity index (χ1v) is 6.15. The zero-order chi connectivity index (χ0) is 11.5. The van der Waals surface area contributed by atoms with Crippen LogP contribution < -0.4 is 4.74 Å². The molecule has 0 unspecified atom stereocenters. The van der Waals surface area contributed by atoms with Gasteiger partial charge in [0.05, 0.1) is 11.7 Å². The molecule has 1 N–H and O–H groups in total. The van der Waals surface area contributed by atoms with Crippen LogP contribution in [0.2, 0.25) is 0 Å². The van der Waals surface area contributed by atoms with Gasteiger partial charge in [0.15, 0.2) is 0 Å². The van der Waals surface area contributed by atoms with Gasteiger partial charge in [-0.05, 0) is 59.8 Å². The molecule has 0 amide bonds. The van der Waals surface area contributed by atoms with Crippen LogP contribution in [0.5, 0.6) is 5.75 Å². The number of hydrogen-bond acceptors (Lipinski definition) is 2. The fourth-order valence-electron chi connectivity index (χ4n) is 1.94. The summed E-state index contributed by atoms with van der Waals surface area (Å²) < 4.78 is 6.33. The van der Waals surface area contributed by atoms with Gasteiger partial charge in [-0.15, -0.1) is 0 Å². The monoisotopic (exact) mass is 284 g/mol. The number of aromatic carboxylic acids is 1. The van der Waals surface area contributed by atoms with Crippen molar-refractivity contribution < 1.29 is 14.6 Å². The van der Waals surface area contributed by atoms with Crippen molar-refractivity contribution >= 4 is 21.9 Å². The molecule has 1 aliphatic rings. The Morgan fingerprint density at radius 1 is 1.38 bits per heavy atom. The van der Waals surface area contributed by atoms with E-state index in [4.69, 9.17) is 9.84 Å². The molecular weight excluding hydrogens is 272 g/mol. The van der Waals surface area contributed by atoms with Crippen LogP contribution in [-0.4, -0.2) is 17.2 Å². The van der Waals surface area contributed by atoms with E-state index in [-0.39, 0.29) is 5.56 Å². The first-order chi connectivity index (χ1) is 7.66. The van der Waals surface area contributed by atoms with Crippen LogP contribution in [0.3, 0.4) is 0 Å². The second-order valence-electron chi connectivity index (χ2n) is 3.97. The van der Waals surface area contributed by atoms with Gasteiger partial charge in [-0.3, -0.25) is 0 Å². The summed E-state index contributed by atoms with van der Waals surface area (Å²) in [4.78, 5) is 10.8. The third-order valence-electron chi connectivity index (χ3n) is 2.78. The predicted molar refractivity (Wildman–Crippen MR) is 64.0 cm³/mol. The van der Waals surface area contributed by atoms with E-state index in [1.807, 2.05) is 0 Å². The van der Waals surface area contributed by atoms with Gasteiger partial charge in [0, 0.05) is 4.47 Å². The minimum absolute atomic E-state index is 0.263. The molecule has 0 radical (unpaired) electrons. The first-order valence-electron chi connectivity index (χ1n) is 5.36. The molecule has 0 aliphatic heterocycles. The van der Waals surface area contributed by atoms with Crippen molar-refractivity contribution in [3.05, 3.63) is 28.2 Å². The molecule has 1 saturated carbocycles. The Morgan fingerprint density at radius 3 is 2.62 bits per heavy atom. The van der Waals surface area contributed by atoms with Crippen LogP contribution >= 0.6 is 15.9 Å². The molecule has 3 nitrogen and oxygen atoms in total. The molecule has 0 saturated heterocycles. The Hall–Kier alpha value is -1.03. The predicted octanol–water partition coefficient (Wildman–Crippen LogP) is 3.47. The number of benzene rings is 1. The lowest BCUT2D eigenvalue weighted by Gasteiger charge is -2.13. The Kier molecular flexibility index (Phi) is 3.49. The Morgan fingerprint density at radius 2 is 2.06 bits per heavy atom. The summed E-state index contributed by atoms with van der Waals surface area (Å²) in [5, 5.41) is 8.87. The maximum Gasteiger partial charge on any atom is 0.336 e. The molecule has 4 heteroatoms. The summed E-state index contributed by atoms with van der Waals surface area (Å²) >= 11 is 3.24. The second-order valence-corrected chi connectivity index (χ2v) is 4.83. The smallest absolute Gasteiger partial charge is 0.336 e. The van der Waals surface area contributed by atoms with E-state index in [2.05, 4.69) is 15.9 Å². The van der Waals surface area contributed by atoms with Crippen molar-refractivity contribution in [1.82, 2.24) is 0 Å². The molecule has 2 rings (SSSR count). The molecule has 0 heterocycles. The molecule has 86 valence electrons. The van der Waals surface area contributed by atoms with Crippen LogP contribution in [0.25, 0.3) is 0 Å². The highest BCUT2D eigenvalue weighted by Gasteiger charge is 2.17. The van der Waals surface area contributed by atoms with Crippen LogP contribution in [0, 0.1) is 0 Å². The molecule has 1 fully saturated rings. The number of carbonyl (C=O) groups is 1. The summed E-state index contributed by atoms with van der Waals surface area (Å²) in [7, 11) is 0. The number of carboxylic acid groups (broad SMARTS) is 1. The van der Waals surface area contributed by atoms with Crippen LogP contribution in [0.4, 0.5) is 0 Å². The number of ether oxygens (including phenoxy) is 1.